The second-order valence-corrected chi connectivity index (χ2v) is 6.88. The van der Waals surface area contributed by atoms with Gasteiger partial charge in [0.2, 0.25) is 5.91 Å². The van der Waals surface area contributed by atoms with Gasteiger partial charge in [-0.1, -0.05) is 0 Å². The number of rotatable bonds is 6. The van der Waals surface area contributed by atoms with Gasteiger partial charge in [-0.3, -0.25) is 9.59 Å². The molecule has 0 spiro atoms. The molecule has 1 aliphatic carbocycles. The van der Waals surface area contributed by atoms with Gasteiger partial charge in [-0.2, -0.15) is 0 Å². The molecule has 0 atom stereocenters. The number of hydrogen-bond donors (Lipinski definition) is 2. The van der Waals surface area contributed by atoms with Crippen molar-refractivity contribution < 1.29 is 14.3 Å². The number of amides is 2. The van der Waals surface area contributed by atoms with Crippen LogP contribution in [0.4, 0.5) is 11.4 Å². The van der Waals surface area contributed by atoms with Crippen LogP contribution in [0.1, 0.15) is 12.8 Å². The molecule has 0 radical (unpaired) electrons. The maximum atomic E-state index is 11.9. The summed E-state index contributed by atoms with van der Waals surface area (Å²) in [6.07, 6.45) is 1.95. The zero-order chi connectivity index (χ0) is 16.9. The second kappa shape index (κ2) is 7.65. The molecule has 0 aliphatic heterocycles. The molecule has 24 heavy (non-hydrogen) atoms. The Bertz CT molecular complexity index is 725. The molecule has 2 N–H and O–H groups in total. The molecular weight excluding hydrogens is 419 g/mol. The van der Waals surface area contributed by atoms with Crippen LogP contribution < -0.4 is 15.4 Å². The third-order valence-electron chi connectivity index (χ3n) is 3.57. The predicted molar refractivity (Wildman–Crippen MR) is 101 cm³/mol. The van der Waals surface area contributed by atoms with Crippen LogP contribution in [-0.4, -0.2) is 18.4 Å². The minimum atomic E-state index is -0.220. The smallest absolute Gasteiger partial charge is 0.262 e. The Labute approximate surface area is 153 Å². The van der Waals surface area contributed by atoms with Gasteiger partial charge < -0.3 is 15.4 Å². The number of anilines is 2. The van der Waals surface area contributed by atoms with Crippen molar-refractivity contribution in [3.05, 3.63) is 52.1 Å². The number of carbonyl (C=O) groups is 2. The molecule has 5 nitrogen and oxygen atoms in total. The largest absolute Gasteiger partial charge is 0.484 e. The number of carbonyl (C=O) groups excluding carboxylic acids is 2. The summed E-state index contributed by atoms with van der Waals surface area (Å²) < 4.78 is 6.56. The van der Waals surface area contributed by atoms with Gasteiger partial charge in [0.15, 0.2) is 6.61 Å². The van der Waals surface area contributed by atoms with Gasteiger partial charge in [0.25, 0.3) is 5.91 Å². The van der Waals surface area contributed by atoms with Crippen LogP contribution in [-0.2, 0) is 9.59 Å². The average Bonchev–Trinajstić information content (AvgIpc) is 3.41. The number of ether oxygens (including phenoxy) is 1. The standard InChI is InChI=1S/C18H17IN2O3/c19-13-3-5-14(6-4-13)20-17(22)11-24-16-9-7-15(8-10-16)21-18(23)12-1-2-12/h3-10,12H,1-2,11H2,(H,20,22)(H,21,23). The fourth-order valence-corrected chi connectivity index (χ4v) is 2.46. The predicted octanol–water partition coefficient (Wildman–Crippen LogP) is 3.66. The fourth-order valence-electron chi connectivity index (χ4n) is 2.10. The Hall–Kier alpha value is -2.09. The quantitative estimate of drug-likeness (QED) is 0.680. The number of nitrogens with one attached hydrogen (secondary N) is 2. The molecule has 0 bridgehead atoms. The summed E-state index contributed by atoms with van der Waals surface area (Å²) >= 11 is 2.21. The minimum absolute atomic E-state index is 0.0697. The number of halogens is 1. The zero-order valence-electron chi connectivity index (χ0n) is 12.9. The molecule has 0 saturated heterocycles. The van der Waals surface area contributed by atoms with E-state index in [1.54, 1.807) is 24.3 Å². The third-order valence-corrected chi connectivity index (χ3v) is 4.29. The first-order valence-corrected chi connectivity index (χ1v) is 8.77. The van der Waals surface area contributed by atoms with E-state index >= 15 is 0 Å². The SMILES string of the molecule is O=C(COc1ccc(NC(=O)C2CC2)cc1)Nc1ccc(I)cc1. The molecule has 2 aromatic rings. The van der Waals surface area contributed by atoms with Crippen molar-refractivity contribution in [3.63, 3.8) is 0 Å². The molecule has 1 aliphatic rings. The second-order valence-electron chi connectivity index (χ2n) is 5.63. The van der Waals surface area contributed by atoms with E-state index in [2.05, 4.69) is 33.2 Å². The molecule has 124 valence electrons. The lowest BCUT2D eigenvalue weighted by molar-refractivity contribution is -0.118. The molecule has 0 unspecified atom stereocenters. The molecule has 0 heterocycles. The van der Waals surface area contributed by atoms with Crippen LogP contribution in [0.25, 0.3) is 0 Å². The van der Waals surface area contributed by atoms with Crippen molar-refractivity contribution in [3.8, 4) is 5.75 Å². The molecule has 2 aromatic carbocycles. The van der Waals surface area contributed by atoms with Crippen LogP contribution in [0.3, 0.4) is 0 Å². The van der Waals surface area contributed by atoms with Gasteiger partial charge in [0.05, 0.1) is 0 Å². The van der Waals surface area contributed by atoms with E-state index in [0.717, 1.165) is 27.8 Å². The highest BCUT2D eigenvalue weighted by Crippen LogP contribution is 2.30. The van der Waals surface area contributed by atoms with Crippen molar-refractivity contribution >= 4 is 45.8 Å². The summed E-state index contributed by atoms with van der Waals surface area (Å²) in [6, 6.07) is 14.5. The molecule has 1 fully saturated rings. The molecule has 2 amide bonds. The van der Waals surface area contributed by atoms with E-state index in [-0.39, 0.29) is 24.3 Å². The Balaban J connectivity index is 1.46. The summed E-state index contributed by atoms with van der Waals surface area (Å²) in [5.41, 5.74) is 1.48. The van der Waals surface area contributed by atoms with E-state index in [1.807, 2.05) is 24.3 Å². The van der Waals surface area contributed by atoms with E-state index in [0.29, 0.717) is 5.75 Å². The minimum Gasteiger partial charge on any atom is -0.484 e. The third kappa shape index (κ3) is 4.95. The Morgan fingerprint density at radius 3 is 2.17 bits per heavy atom. The van der Waals surface area contributed by atoms with Gasteiger partial charge in [-0.25, -0.2) is 0 Å². The van der Waals surface area contributed by atoms with Crippen LogP contribution >= 0.6 is 22.6 Å². The van der Waals surface area contributed by atoms with E-state index in [1.165, 1.54) is 0 Å². The molecule has 1 saturated carbocycles. The first-order chi connectivity index (χ1) is 11.6. The van der Waals surface area contributed by atoms with Crippen molar-refractivity contribution in [1.29, 1.82) is 0 Å². The average molecular weight is 436 g/mol. The van der Waals surface area contributed by atoms with Gasteiger partial charge >= 0.3 is 0 Å². The van der Waals surface area contributed by atoms with Gasteiger partial charge in [-0.15, -0.1) is 0 Å². The summed E-state index contributed by atoms with van der Waals surface area (Å²) in [4.78, 5) is 23.5. The van der Waals surface area contributed by atoms with Crippen molar-refractivity contribution in [1.82, 2.24) is 0 Å². The Kier molecular flexibility index (Phi) is 5.34. The maximum absolute atomic E-state index is 11.9. The summed E-state index contributed by atoms with van der Waals surface area (Å²) in [5, 5.41) is 5.63. The summed E-state index contributed by atoms with van der Waals surface area (Å²) in [6.45, 7) is -0.0697. The first-order valence-electron chi connectivity index (χ1n) is 7.69. The molecule has 6 heteroatoms. The fraction of sp³-hybridized carbons (Fsp3) is 0.222. The lowest BCUT2D eigenvalue weighted by atomic mass is 10.3. The first kappa shape index (κ1) is 16.8. The normalized spacial score (nSPS) is 13.2. The van der Waals surface area contributed by atoms with Crippen molar-refractivity contribution in [2.45, 2.75) is 12.8 Å². The number of hydrogen-bond acceptors (Lipinski definition) is 3. The van der Waals surface area contributed by atoms with Crippen LogP contribution in [0, 0.1) is 9.49 Å². The molecule has 3 rings (SSSR count). The van der Waals surface area contributed by atoms with Gasteiger partial charge in [0, 0.05) is 20.9 Å². The van der Waals surface area contributed by atoms with Gasteiger partial charge in [-0.05, 0) is 84.0 Å². The van der Waals surface area contributed by atoms with Crippen LogP contribution in [0.5, 0.6) is 5.75 Å². The van der Waals surface area contributed by atoms with Crippen molar-refractivity contribution in [2.24, 2.45) is 5.92 Å². The van der Waals surface area contributed by atoms with E-state index in [4.69, 9.17) is 4.74 Å². The molecule has 0 aromatic heterocycles. The summed E-state index contributed by atoms with van der Waals surface area (Å²) in [5.74, 6) is 0.603. The molecular formula is C18H17IN2O3. The highest BCUT2D eigenvalue weighted by atomic mass is 127. The van der Waals surface area contributed by atoms with Gasteiger partial charge in [0.1, 0.15) is 5.75 Å². The van der Waals surface area contributed by atoms with Crippen LogP contribution in [0.15, 0.2) is 48.5 Å². The highest BCUT2D eigenvalue weighted by Gasteiger charge is 2.29. The summed E-state index contributed by atoms with van der Waals surface area (Å²) in [7, 11) is 0. The van der Waals surface area contributed by atoms with Crippen LogP contribution in [0.2, 0.25) is 0 Å². The number of benzene rings is 2. The lowest BCUT2D eigenvalue weighted by Gasteiger charge is -2.09. The van der Waals surface area contributed by atoms with E-state index < -0.39 is 0 Å². The van der Waals surface area contributed by atoms with Crippen molar-refractivity contribution in [2.75, 3.05) is 17.2 Å². The Morgan fingerprint density at radius 2 is 1.54 bits per heavy atom. The lowest BCUT2D eigenvalue weighted by Crippen LogP contribution is -2.20. The topological polar surface area (TPSA) is 67.4 Å². The zero-order valence-corrected chi connectivity index (χ0v) is 15.1. The monoisotopic (exact) mass is 436 g/mol. The highest BCUT2D eigenvalue weighted by molar-refractivity contribution is 14.1. The van der Waals surface area contributed by atoms with E-state index in [9.17, 15) is 9.59 Å². The maximum Gasteiger partial charge on any atom is 0.262 e. The Morgan fingerprint density at radius 1 is 0.958 bits per heavy atom.